The van der Waals surface area contributed by atoms with Crippen LogP contribution in [-0.4, -0.2) is 35.6 Å². The highest BCUT2D eigenvalue weighted by Crippen LogP contribution is 2.28. The van der Waals surface area contributed by atoms with E-state index >= 15 is 0 Å². The number of fused-ring (bicyclic) bond motifs is 1. The van der Waals surface area contributed by atoms with Crippen LogP contribution in [0.5, 0.6) is 11.5 Å². The number of nitrogens with one attached hydrogen (secondary N) is 1. The van der Waals surface area contributed by atoms with Crippen molar-refractivity contribution in [1.29, 1.82) is 0 Å². The minimum absolute atomic E-state index is 0.418. The van der Waals surface area contributed by atoms with Crippen molar-refractivity contribution in [2.45, 2.75) is 39.7 Å². The van der Waals surface area contributed by atoms with Gasteiger partial charge in [-0.25, -0.2) is 0 Å². The Morgan fingerprint density at radius 1 is 1.00 bits per heavy atom. The Kier molecular flexibility index (Phi) is 7.26. The molecule has 4 nitrogen and oxygen atoms in total. The number of aromatic nitrogens is 1. The van der Waals surface area contributed by atoms with Crippen molar-refractivity contribution in [3.63, 3.8) is 0 Å². The predicted octanol–water partition coefficient (Wildman–Crippen LogP) is 5.95. The minimum Gasteiger partial charge on any atom is -0.457 e. The van der Waals surface area contributed by atoms with Crippen LogP contribution >= 0.6 is 0 Å². The van der Waals surface area contributed by atoms with Gasteiger partial charge in [0, 0.05) is 29.4 Å². The Bertz CT molecular complexity index is 862. The van der Waals surface area contributed by atoms with Crippen LogP contribution in [0.1, 0.15) is 33.6 Å². The fourth-order valence-corrected chi connectivity index (χ4v) is 3.44. The molecule has 0 saturated carbocycles. The number of benzene rings is 2. The summed E-state index contributed by atoms with van der Waals surface area (Å²) < 4.78 is 5.94. The van der Waals surface area contributed by atoms with Crippen LogP contribution in [0.4, 0.5) is 5.69 Å². The Morgan fingerprint density at radius 2 is 1.79 bits per heavy atom. The minimum atomic E-state index is 0.418. The number of ether oxygens (including phenoxy) is 1. The zero-order chi connectivity index (χ0) is 19.8. The van der Waals surface area contributed by atoms with E-state index in [4.69, 9.17) is 4.74 Å². The molecule has 0 spiro atoms. The van der Waals surface area contributed by atoms with E-state index in [1.54, 1.807) is 0 Å². The van der Waals surface area contributed by atoms with Crippen molar-refractivity contribution in [1.82, 2.24) is 9.88 Å². The largest absolute Gasteiger partial charge is 0.457 e. The fourth-order valence-electron chi connectivity index (χ4n) is 3.44. The zero-order valence-corrected chi connectivity index (χ0v) is 17.2. The third-order valence-corrected chi connectivity index (χ3v) is 5.10. The van der Waals surface area contributed by atoms with Crippen molar-refractivity contribution < 1.29 is 4.74 Å². The van der Waals surface area contributed by atoms with Crippen molar-refractivity contribution >= 4 is 16.6 Å². The van der Waals surface area contributed by atoms with Gasteiger partial charge < -0.3 is 15.0 Å². The Balaban J connectivity index is 1.65. The summed E-state index contributed by atoms with van der Waals surface area (Å²) in [6.45, 7) is 10.1. The lowest BCUT2D eigenvalue weighted by atomic mass is 10.1. The SMILES string of the molecule is CCN(CC)CCC[C@@H](C)Nc1ccnc2cc(Oc3ccccc3)ccc12. The number of nitrogens with zero attached hydrogens (tertiary/aromatic N) is 2. The Labute approximate surface area is 168 Å². The van der Waals surface area contributed by atoms with E-state index in [-0.39, 0.29) is 0 Å². The number of pyridine rings is 1. The molecule has 1 heterocycles. The lowest BCUT2D eigenvalue weighted by molar-refractivity contribution is 0.295. The van der Waals surface area contributed by atoms with E-state index in [0.717, 1.165) is 54.1 Å². The van der Waals surface area contributed by atoms with Crippen molar-refractivity contribution in [2.75, 3.05) is 25.0 Å². The normalized spacial score (nSPS) is 12.3. The van der Waals surface area contributed by atoms with Gasteiger partial charge in [0.25, 0.3) is 0 Å². The molecular weight excluding hydrogens is 346 g/mol. The Morgan fingerprint density at radius 3 is 2.54 bits per heavy atom. The van der Waals surface area contributed by atoms with E-state index in [9.17, 15) is 0 Å². The summed E-state index contributed by atoms with van der Waals surface area (Å²) in [5.74, 6) is 1.63. The second-order valence-corrected chi connectivity index (χ2v) is 7.17. The van der Waals surface area contributed by atoms with Crippen LogP contribution in [-0.2, 0) is 0 Å². The van der Waals surface area contributed by atoms with Gasteiger partial charge in [-0.15, -0.1) is 0 Å². The number of anilines is 1. The maximum Gasteiger partial charge on any atom is 0.129 e. The summed E-state index contributed by atoms with van der Waals surface area (Å²) in [7, 11) is 0. The van der Waals surface area contributed by atoms with Crippen LogP contribution in [0.3, 0.4) is 0 Å². The van der Waals surface area contributed by atoms with Gasteiger partial charge in [0.1, 0.15) is 11.5 Å². The molecule has 0 aliphatic rings. The molecule has 2 aromatic carbocycles. The lowest BCUT2D eigenvalue weighted by Gasteiger charge is -2.21. The molecule has 1 N–H and O–H groups in total. The molecule has 0 unspecified atom stereocenters. The van der Waals surface area contributed by atoms with Crippen molar-refractivity contribution in [2.24, 2.45) is 0 Å². The van der Waals surface area contributed by atoms with Crippen molar-refractivity contribution in [3.8, 4) is 11.5 Å². The first-order chi connectivity index (χ1) is 13.7. The molecular formula is C24H31N3O. The summed E-state index contributed by atoms with van der Waals surface area (Å²) in [6.07, 6.45) is 4.21. The number of para-hydroxylation sites is 1. The summed E-state index contributed by atoms with van der Waals surface area (Å²) >= 11 is 0. The summed E-state index contributed by atoms with van der Waals surface area (Å²) in [6, 6.07) is 18.4. The van der Waals surface area contributed by atoms with Gasteiger partial charge >= 0.3 is 0 Å². The molecule has 148 valence electrons. The van der Waals surface area contributed by atoms with Gasteiger partial charge in [-0.3, -0.25) is 4.98 Å². The Hall–Kier alpha value is -2.59. The molecule has 1 aromatic heterocycles. The van der Waals surface area contributed by atoms with E-state index < -0.39 is 0 Å². The van der Waals surface area contributed by atoms with Gasteiger partial charge in [0.05, 0.1) is 5.52 Å². The summed E-state index contributed by atoms with van der Waals surface area (Å²) in [4.78, 5) is 7.01. The van der Waals surface area contributed by atoms with E-state index in [2.05, 4.69) is 48.1 Å². The molecule has 0 amide bonds. The first kappa shape index (κ1) is 20.2. The highest BCUT2D eigenvalue weighted by molar-refractivity contribution is 5.92. The topological polar surface area (TPSA) is 37.4 Å². The van der Waals surface area contributed by atoms with Gasteiger partial charge in [-0.1, -0.05) is 32.0 Å². The first-order valence-electron chi connectivity index (χ1n) is 10.3. The second kappa shape index (κ2) is 10.1. The predicted molar refractivity (Wildman–Crippen MR) is 118 cm³/mol. The molecule has 0 fully saturated rings. The third-order valence-electron chi connectivity index (χ3n) is 5.10. The van der Waals surface area contributed by atoms with Crippen LogP contribution in [0, 0.1) is 0 Å². The van der Waals surface area contributed by atoms with Gasteiger partial charge in [-0.05, 0) is 69.7 Å². The highest BCUT2D eigenvalue weighted by Gasteiger charge is 2.08. The molecule has 1 atom stereocenters. The first-order valence-corrected chi connectivity index (χ1v) is 10.3. The highest BCUT2D eigenvalue weighted by atomic mass is 16.5. The second-order valence-electron chi connectivity index (χ2n) is 7.17. The fraction of sp³-hybridized carbons (Fsp3) is 0.375. The van der Waals surface area contributed by atoms with Crippen LogP contribution in [0.15, 0.2) is 60.8 Å². The molecule has 28 heavy (non-hydrogen) atoms. The van der Waals surface area contributed by atoms with Crippen LogP contribution in [0.2, 0.25) is 0 Å². The standard InChI is InChI=1S/C24H31N3O/c1-4-27(5-2)17-9-10-19(3)26-23-15-16-25-24-18-21(13-14-22(23)24)28-20-11-7-6-8-12-20/h6-8,11-16,18-19H,4-5,9-10,17H2,1-3H3,(H,25,26)/t19-/m1/s1. The molecule has 4 heteroatoms. The van der Waals surface area contributed by atoms with E-state index in [1.165, 1.54) is 6.42 Å². The smallest absolute Gasteiger partial charge is 0.129 e. The quantitative estimate of drug-likeness (QED) is 0.474. The van der Waals surface area contributed by atoms with Crippen LogP contribution in [0.25, 0.3) is 10.9 Å². The van der Waals surface area contributed by atoms with Gasteiger partial charge in [-0.2, -0.15) is 0 Å². The number of hydrogen-bond acceptors (Lipinski definition) is 4. The lowest BCUT2D eigenvalue weighted by Crippen LogP contribution is -2.25. The van der Waals surface area contributed by atoms with Gasteiger partial charge in [0.2, 0.25) is 0 Å². The van der Waals surface area contributed by atoms with Crippen molar-refractivity contribution in [3.05, 3.63) is 60.8 Å². The molecule has 0 aliphatic carbocycles. The summed E-state index contributed by atoms with van der Waals surface area (Å²) in [5, 5.41) is 4.79. The molecule has 0 radical (unpaired) electrons. The molecule has 3 aromatic rings. The maximum absolute atomic E-state index is 5.94. The average molecular weight is 378 g/mol. The summed E-state index contributed by atoms with van der Waals surface area (Å²) in [5.41, 5.74) is 2.07. The third kappa shape index (κ3) is 5.46. The molecule has 0 bridgehead atoms. The average Bonchev–Trinajstić information content (AvgIpc) is 2.72. The zero-order valence-electron chi connectivity index (χ0n) is 17.2. The molecule has 3 rings (SSSR count). The number of hydrogen-bond donors (Lipinski definition) is 1. The van der Waals surface area contributed by atoms with E-state index in [0.29, 0.717) is 6.04 Å². The maximum atomic E-state index is 5.94. The van der Waals surface area contributed by atoms with E-state index in [1.807, 2.05) is 48.7 Å². The number of rotatable bonds is 10. The van der Waals surface area contributed by atoms with Gasteiger partial charge in [0.15, 0.2) is 0 Å². The monoisotopic (exact) mass is 377 g/mol. The van der Waals surface area contributed by atoms with Crippen LogP contribution < -0.4 is 10.1 Å². The molecule has 0 aliphatic heterocycles. The molecule has 0 saturated heterocycles.